The molecule has 1 aromatic rings. The third kappa shape index (κ3) is 6.67. The molecule has 0 bridgehead atoms. The van der Waals surface area contributed by atoms with E-state index < -0.39 is 31.9 Å². The number of sulfone groups is 1. The zero-order valence-electron chi connectivity index (χ0n) is 13.2. The first kappa shape index (κ1) is 19.6. The molecular formula is C14H21NO6S2. The number of rotatable bonds is 8. The Morgan fingerprint density at radius 3 is 2.04 bits per heavy atom. The summed E-state index contributed by atoms with van der Waals surface area (Å²) in [6.45, 7) is 3.59. The van der Waals surface area contributed by atoms with Crippen LogP contribution in [0.4, 0.5) is 0 Å². The van der Waals surface area contributed by atoms with Crippen molar-refractivity contribution < 1.29 is 26.7 Å². The minimum Gasteiger partial charge on any atom is -0.480 e. The summed E-state index contributed by atoms with van der Waals surface area (Å²) in [4.78, 5) is 11.1. The summed E-state index contributed by atoms with van der Waals surface area (Å²) in [5, 5.41) is 9.11. The molecule has 1 rings (SSSR count). The molecule has 9 heteroatoms. The molecule has 130 valence electrons. The molecule has 2 N–H and O–H groups in total. The molecule has 0 saturated carbocycles. The first-order valence-electron chi connectivity index (χ1n) is 6.92. The molecule has 23 heavy (non-hydrogen) atoms. The van der Waals surface area contributed by atoms with Gasteiger partial charge in [-0.3, -0.25) is 4.79 Å². The lowest BCUT2D eigenvalue weighted by atomic mass is 10.1. The lowest BCUT2D eigenvalue weighted by Crippen LogP contribution is -2.41. The third-order valence-corrected chi connectivity index (χ3v) is 5.31. The van der Waals surface area contributed by atoms with E-state index >= 15 is 0 Å². The fourth-order valence-electron chi connectivity index (χ4n) is 1.99. The maximum Gasteiger partial charge on any atom is 0.321 e. The Morgan fingerprint density at radius 2 is 1.65 bits per heavy atom. The van der Waals surface area contributed by atoms with E-state index in [1.54, 1.807) is 13.8 Å². The second-order valence-corrected chi connectivity index (χ2v) is 9.71. The Labute approximate surface area is 136 Å². The SMILES string of the molecule is CC(C)CC(NS(=O)(=O)c1ccc(CS(C)(=O)=O)cc1)C(=O)O. The number of carboxylic acid groups (broad SMARTS) is 1. The maximum atomic E-state index is 12.2. The summed E-state index contributed by atoms with van der Waals surface area (Å²) in [6, 6.07) is 4.10. The number of aliphatic carboxylic acids is 1. The Kier molecular flexibility index (Phi) is 6.32. The number of carbonyl (C=O) groups is 1. The highest BCUT2D eigenvalue weighted by atomic mass is 32.2. The van der Waals surface area contributed by atoms with Crippen molar-refractivity contribution in [1.29, 1.82) is 0 Å². The van der Waals surface area contributed by atoms with E-state index in [-0.39, 0.29) is 23.0 Å². The van der Waals surface area contributed by atoms with Crippen LogP contribution < -0.4 is 4.72 Å². The highest BCUT2D eigenvalue weighted by Crippen LogP contribution is 2.14. The summed E-state index contributed by atoms with van der Waals surface area (Å²) in [6.07, 6.45) is 1.25. The van der Waals surface area contributed by atoms with E-state index in [9.17, 15) is 21.6 Å². The summed E-state index contributed by atoms with van der Waals surface area (Å²) in [5.74, 6) is -1.42. The van der Waals surface area contributed by atoms with Crippen LogP contribution in [0.25, 0.3) is 0 Å². The van der Waals surface area contributed by atoms with Gasteiger partial charge in [-0.25, -0.2) is 16.8 Å². The van der Waals surface area contributed by atoms with Gasteiger partial charge in [-0.15, -0.1) is 0 Å². The maximum absolute atomic E-state index is 12.2. The molecule has 0 heterocycles. The van der Waals surface area contributed by atoms with Crippen molar-refractivity contribution >= 4 is 25.8 Å². The molecular weight excluding hydrogens is 342 g/mol. The number of sulfonamides is 1. The van der Waals surface area contributed by atoms with Gasteiger partial charge in [0.2, 0.25) is 10.0 Å². The van der Waals surface area contributed by atoms with Crippen molar-refractivity contribution in [2.75, 3.05) is 6.26 Å². The van der Waals surface area contributed by atoms with Crippen LogP contribution in [-0.4, -0.2) is 40.2 Å². The van der Waals surface area contributed by atoms with Gasteiger partial charge in [-0.05, 0) is 30.0 Å². The minimum atomic E-state index is -3.99. The van der Waals surface area contributed by atoms with Gasteiger partial charge in [0.1, 0.15) is 6.04 Å². The van der Waals surface area contributed by atoms with Gasteiger partial charge in [-0.1, -0.05) is 26.0 Å². The first-order valence-corrected chi connectivity index (χ1v) is 10.5. The minimum absolute atomic E-state index is 0.0101. The average Bonchev–Trinajstić information content (AvgIpc) is 2.35. The number of hydrogen-bond donors (Lipinski definition) is 2. The number of nitrogens with one attached hydrogen (secondary N) is 1. The van der Waals surface area contributed by atoms with Crippen molar-refractivity contribution in [1.82, 2.24) is 4.72 Å². The van der Waals surface area contributed by atoms with E-state index in [0.717, 1.165) is 6.26 Å². The van der Waals surface area contributed by atoms with Crippen LogP contribution in [-0.2, 0) is 30.4 Å². The molecule has 0 saturated heterocycles. The fraction of sp³-hybridized carbons (Fsp3) is 0.500. The molecule has 7 nitrogen and oxygen atoms in total. The Hall–Kier alpha value is -1.45. The first-order chi connectivity index (χ1) is 10.4. The summed E-state index contributed by atoms with van der Waals surface area (Å²) < 4.78 is 49.0. The van der Waals surface area contributed by atoms with Crippen molar-refractivity contribution in [3.8, 4) is 0 Å². The average molecular weight is 363 g/mol. The quantitative estimate of drug-likeness (QED) is 0.712. The second kappa shape index (κ2) is 7.41. The molecule has 0 radical (unpaired) electrons. The lowest BCUT2D eigenvalue weighted by Gasteiger charge is -2.16. The molecule has 1 atom stereocenters. The number of carboxylic acids is 1. The van der Waals surface area contributed by atoms with E-state index in [1.165, 1.54) is 24.3 Å². The molecule has 0 spiro atoms. The predicted octanol–water partition coefficient (Wildman–Crippen LogP) is 1.01. The van der Waals surface area contributed by atoms with Gasteiger partial charge in [-0.2, -0.15) is 4.72 Å². The van der Waals surface area contributed by atoms with Gasteiger partial charge in [0.15, 0.2) is 9.84 Å². The molecule has 0 aliphatic carbocycles. The molecule has 0 aromatic heterocycles. The van der Waals surface area contributed by atoms with Crippen LogP contribution in [0.15, 0.2) is 29.2 Å². The fourth-order valence-corrected chi connectivity index (χ4v) is 3.99. The number of hydrogen-bond acceptors (Lipinski definition) is 5. The highest BCUT2D eigenvalue weighted by molar-refractivity contribution is 7.90. The van der Waals surface area contributed by atoms with Crippen LogP contribution in [0, 0.1) is 5.92 Å². The van der Waals surface area contributed by atoms with Crippen LogP contribution in [0.3, 0.4) is 0 Å². The van der Waals surface area contributed by atoms with Gasteiger partial charge >= 0.3 is 5.97 Å². The monoisotopic (exact) mass is 363 g/mol. The van der Waals surface area contributed by atoms with E-state index in [2.05, 4.69) is 4.72 Å². The molecule has 0 aliphatic heterocycles. The molecule has 0 aliphatic rings. The Balaban J connectivity index is 2.97. The third-order valence-electron chi connectivity index (χ3n) is 2.97. The Bertz CT molecular complexity index is 751. The van der Waals surface area contributed by atoms with Gasteiger partial charge in [0.05, 0.1) is 10.6 Å². The van der Waals surface area contributed by atoms with Crippen molar-refractivity contribution in [2.24, 2.45) is 5.92 Å². The van der Waals surface area contributed by atoms with Crippen molar-refractivity contribution in [3.05, 3.63) is 29.8 Å². The Morgan fingerprint density at radius 1 is 1.13 bits per heavy atom. The van der Waals surface area contributed by atoms with Gasteiger partial charge < -0.3 is 5.11 Å². The predicted molar refractivity (Wildman–Crippen MR) is 86.2 cm³/mol. The molecule has 1 unspecified atom stereocenters. The van der Waals surface area contributed by atoms with Crippen LogP contribution >= 0.6 is 0 Å². The zero-order chi connectivity index (χ0) is 17.8. The zero-order valence-corrected chi connectivity index (χ0v) is 14.8. The standard InChI is InChI=1S/C14H21NO6S2/c1-10(2)8-13(14(16)17)15-23(20,21)12-6-4-11(5-7-12)9-22(3,18)19/h4-7,10,13,15H,8-9H2,1-3H3,(H,16,17). The summed E-state index contributed by atoms with van der Waals surface area (Å²) in [7, 11) is -7.20. The van der Waals surface area contributed by atoms with Crippen LogP contribution in [0.2, 0.25) is 0 Å². The largest absolute Gasteiger partial charge is 0.480 e. The molecule has 0 fully saturated rings. The normalized spacial score (nSPS) is 13.9. The van der Waals surface area contributed by atoms with E-state index in [1.807, 2.05) is 0 Å². The van der Waals surface area contributed by atoms with E-state index in [0.29, 0.717) is 5.56 Å². The van der Waals surface area contributed by atoms with E-state index in [4.69, 9.17) is 5.11 Å². The number of benzene rings is 1. The lowest BCUT2D eigenvalue weighted by molar-refractivity contribution is -0.139. The van der Waals surface area contributed by atoms with Gasteiger partial charge in [0.25, 0.3) is 0 Å². The second-order valence-electron chi connectivity index (χ2n) is 5.86. The molecule has 1 aromatic carbocycles. The van der Waals surface area contributed by atoms with Crippen LogP contribution in [0.1, 0.15) is 25.8 Å². The topological polar surface area (TPSA) is 118 Å². The highest BCUT2D eigenvalue weighted by Gasteiger charge is 2.26. The van der Waals surface area contributed by atoms with Crippen molar-refractivity contribution in [3.63, 3.8) is 0 Å². The van der Waals surface area contributed by atoms with Crippen molar-refractivity contribution in [2.45, 2.75) is 37.0 Å². The van der Waals surface area contributed by atoms with Crippen LogP contribution in [0.5, 0.6) is 0 Å². The smallest absolute Gasteiger partial charge is 0.321 e. The summed E-state index contributed by atoms with van der Waals surface area (Å²) in [5.41, 5.74) is 0.461. The molecule has 0 amide bonds. The van der Waals surface area contributed by atoms with Gasteiger partial charge in [0, 0.05) is 6.26 Å². The summed E-state index contributed by atoms with van der Waals surface area (Å²) >= 11 is 0.